The molecule has 30 heavy (non-hydrogen) atoms. The Morgan fingerprint density at radius 3 is 2.27 bits per heavy atom. The summed E-state index contributed by atoms with van der Waals surface area (Å²) < 4.78 is 19.7. The van der Waals surface area contributed by atoms with Gasteiger partial charge in [0.15, 0.2) is 0 Å². The van der Waals surface area contributed by atoms with Gasteiger partial charge in [0.1, 0.15) is 11.4 Å². The molecule has 1 aliphatic rings. The van der Waals surface area contributed by atoms with Crippen LogP contribution in [0.3, 0.4) is 0 Å². The summed E-state index contributed by atoms with van der Waals surface area (Å²) in [7, 11) is 1.31. The third-order valence-corrected chi connectivity index (χ3v) is 4.07. The number of ether oxygens (including phenoxy) is 4. The third kappa shape index (κ3) is 9.67. The normalized spacial score (nSPS) is 15.5. The molecular weight excluding hydrogens is 390 g/mol. The van der Waals surface area contributed by atoms with Gasteiger partial charge in [-0.05, 0) is 51.8 Å². The SMILES string of the molecule is C1COCCO1.COC(=O)CCC(C)(C#N)c1ccnc(NC(=O)OC(C)(C)C)c1. The predicted molar refractivity (Wildman–Crippen MR) is 110 cm³/mol. The largest absolute Gasteiger partial charge is 0.469 e. The lowest BCUT2D eigenvalue weighted by Crippen LogP contribution is -2.28. The second kappa shape index (κ2) is 12.1. The second-order valence-electron chi connectivity index (χ2n) is 7.80. The zero-order valence-electron chi connectivity index (χ0n) is 18.3. The van der Waals surface area contributed by atoms with Gasteiger partial charge in [-0.1, -0.05) is 0 Å². The maximum atomic E-state index is 11.8. The van der Waals surface area contributed by atoms with Crippen LogP contribution in [0.15, 0.2) is 18.3 Å². The van der Waals surface area contributed by atoms with Crippen LogP contribution in [0.4, 0.5) is 10.6 Å². The number of carbonyl (C=O) groups is 2. The summed E-state index contributed by atoms with van der Waals surface area (Å²) in [5, 5.41) is 12.1. The molecule has 1 fully saturated rings. The third-order valence-electron chi connectivity index (χ3n) is 4.07. The number of methoxy groups -OCH3 is 1. The maximum absolute atomic E-state index is 11.8. The molecule has 0 radical (unpaired) electrons. The Bertz CT molecular complexity index is 725. The molecule has 2 rings (SSSR count). The molecule has 0 saturated carbocycles. The molecule has 0 aliphatic carbocycles. The van der Waals surface area contributed by atoms with Gasteiger partial charge in [0, 0.05) is 12.6 Å². The van der Waals surface area contributed by atoms with Crippen molar-refractivity contribution in [1.82, 2.24) is 4.98 Å². The highest BCUT2D eigenvalue weighted by Gasteiger charge is 2.28. The summed E-state index contributed by atoms with van der Waals surface area (Å²) in [6.07, 6.45) is 1.29. The molecule has 0 aromatic carbocycles. The molecule has 1 N–H and O–H groups in total. The Hall–Kier alpha value is -2.70. The maximum Gasteiger partial charge on any atom is 0.413 e. The summed E-state index contributed by atoms with van der Waals surface area (Å²) in [6, 6.07) is 5.50. The molecule has 166 valence electrons. The van der Waals surface area contributed by atoms with Crippen LogP contribution in [0.5, 0.6) is 0 Å². The zero-order chi connectivity index (χ0) is 22.6. The molecule has 1 atom stereocenters. The van der Waals surface area contributed by atoms with E-state index in [1.807, 2.05) is 0 Å². The molecule has 9 heteroatoms. The molecule has 0 bridgehead atoms. The number of amides is 1. The summed E-state index contributed by atoms with van der Waals surface area (Å²) in [6.45, 7) is 10.1. The van der Waals surface area contributed by atoms with Crippen molar-refractivity contribution in [3.63, 3.8) is 0 Å². The first-order valence-corrected chi connectivity index (χ1v) is 9.70. The minimum atomic E-state index is -0.901. The summed E-state index contributed by atoms with van der Waals surface area (Å²) >= 11 is 0. The van der Waals surface area contributed by atoms with Crippen LogP contribution < -0.4 is 5.32 Å². The van der Waals surface area contributed by atoms with Crippen LogP contribution in [-0.2, 0) is 29.2 Å². The Balaban J connectivity index is 0.000000637. The topological polar surface area (TPSA) is 120 Å². The number of nitrogens with zero attached hydrogens (tertiary/aromatic N) is 2. The van der Waals surface area contributed by atoms with Crippen LogP contribution in [0, 0.1) is 11.3 Å². The van der Waals surface area contributed by atoms with Gasteiger partial charge in [-0.3, -0.25) is 10.1 Å². The van der Waals surface area contributed by atoms with Gasteiger partial charge in [0.2, 0.25) is 0 Å². The standard InChI is InChI=1S/C17H23N3O4.C4H8O2/c1-16(2,3)24-15(22)20-13-10-12(7-9-19-13)17(4,11-18)8-6-14(21)23-5;1-2-6-4-3-5-1/h7,9-10H,6,8H2,1-5H3,(H,19,20,22);1-4H2. The van der Waals surface area contributed by atoms with E-state index in [1.165, 1.54) is 13.3 Å². The first-order valence-electron chi connectivity index (χ1n) is 9.70. The van der Waals surface area contributed by atoms with Crippen molar-refractivity contribution < 1.29 is 28.5 Å². The highest BCUT2D eigenvalue weighted by molar-refractivity contribution is 5.83. The van der Waals surface area contributed by atoms with Crippen molar-refractivity contribution in [2.24, 2.45) is 0 Å². The smallest absolute Gasteiger partial charge is 0.413 e. The molecule has 1 aromatic heterocycles. The molecule has 9 nitrogen and oxygen atoms in total. The summed E-state index contributed by atoms with van der Waals surface area (Å²) in [5.41, 5.74) is -0.875. The van der Waals surface area contributed by atoms with Crippen molar-refractivity contribution in [1.29, 1.82) is 5.26 Å². The average Bonchev–Trinajstić information content (AvgIpc) is 2.72. The molecule has 1 aromatic rings. The molecule has 2 heterocycles. The highest BCUT2D eigenvalue weighted by atomic mass is 16.6. The lowest BCUT2D eigenvalue weighted by atomic mass is 9.80. The van der Waals surface area contributed by atoms with Gasteiger partial charge in [-0.15, -0.1) is 0 Å². The van der Waals surface area contributed by atoms with Gasteiger partial charge >= 0.3 is 12.1 Å². The van der Waals surface area contributed by atoms with Crippen molar-refractivity contribution in [3.8, 4) is 6.07 Å². The number of carbonyl (C=O) groups excluding carboxylic acids is 2. The number of hydrogen-bond donors (Lipinski definition) is 1. The molecule has 1 unspecified atom stereocenters. The average molecular weight is 421 g/mol. The van der Waals surface area contributed by atoms with Gasteiger partial charge in [0.25, 0.3) is 0 Å². The predicted octanol–water partition coefficient (Wildman–Crippen LogP) is 3.20. The van der Waals surface area contributed by atoms with Crippen LogP contribution in [0.2, 0.25) is 0 Å². The zero-order valence-corrected chi connectivity index (χ0v) is 18.3. The van der Waals surface area contributed by atoms with Crippen LogP contribution >= 0.6 is 0 Å². The van der Waals surface area contributed by atoms with E-state index in [9.17, 15) is 14.9 Å². The van der Waals surface area contributed by atoms with Crippen molar-refractivity contribution in [2.75, 3.05) is 38.9 Å². The fourth-order valence-corrected chi connectivity index (χ4v) is 2.41. The van der Waals surface area contributed by atoms with E-state index in [-0.39, 0.29) is 18.2 Å². The Morgan fingerprint density at radius 2 is 1.80 bits per heavy atom. The number of anilines is 1. The van der Waals surface area contributed by atoms with E-state index in [0.717, 1.165) is 26.4 Å². The molecule has 1 saturated heterocycles. The number of nitrogens with one attached hydrogen (secondary N) is 1. The lowest BCUT2D eigenvalue weighted by molar-refractivity contribution is -0.140. The quantitative estimate of drug-likeness (QED) is 0.720. The minimum absolute atomic E-state index is 0.123. The van der Waals surface area contributed by atoms with Gasteiger partial charge in [-0.2, -0.15) is 5.26 Å². The lowest BCUT2D eigenvalue weighted by Gasteiger charge is -2.22. The van der Waals surface area contributed by atoms with Crippen molar-refractivity contribution >= 4 is 17.9 Å². The van der Waals surface area contributed by atoms with Gasteiger partial charge < -0.3 is 18.9 Å². The van der Waals surface area contributed by atoms with Gasteiger partial charge in [0.05, 0.1) is 45.0 Å². The first-order chi connectivity index (χ1) is 14.1. The number of rotatable bonds is 5. The number of aromatic nitrogens is 1. The second-order valence-corrected chi connectivity index (χ2v) is 7.80. The summed E-state index contributed by atoms with van der Waals surface area (Å²) in [5.74, 6) is -0.0982. The number of esters is 1. The Kier molecular flexibility index (Phi) is 10.2. The van der Waals surface area contributed by atoms with E-state index in [1.54, 1.807) is 39.8 Å². The van der Waals surface area contributed by atoms with Crippen LogP contribution in [-0.4, -0.2) is 56.2 Å². The first kappa shape index (κ1) is 25.3. The number of pyridine rings is 1. The van der Waals surface area contributed by atoms with E-state index in [4.69, 9.17) is 14.2 Å². The molecule has 0 spiro atoms. The molecule has 1 aliphatic heterocycles. The van der Waals surface area contributed by atoms with Crippen molar-refractivity contribution in [3.05, 3.63) is 23.9 Å². The molecular formula is C21H31N3O6. The molecule has 1 amide bonds. The monoisotopic (exact) mass is 421 g/mol. The Labute approximate surface area is 177 Å². The highest BCUT2D eigenvalue weighted by Crippen LogP contribution is 2.29. The summed E-state index contributed by atoms with van der Waals surface area (Å²) in [4.78, 5) is 27.2. The van der Waals surface area contributed by atoms with Crippen LogP contribution in [0.1, 0.15) is 46.1 Å². The van der Waals surface area contributed by atoms with Gasteiger partial charge in [-0.25, -0.2) is 9.78 Å². The van der Waals surface area contributed by atoms with E-state index in [2.05, 4.69) is 21.1 Å². The van der Waals surface area contributed by atoms with E-state index < -0.39 is 17.1 Å². The fraction of sp³-hybridized carbons (Fsp3) is 0.619. The van der Waals surface area contributed by atoms with Crippen molar-refractivity contribution in [2.45, 2.75) is 51.6 Å². The van der Waals surface area contributed by atoms with E-state index in [0.29, 0.717) is 12.0 Å². The van der Waals surface area contributed by atoms with Crippen LogP contribution in [0.25, 0.3) is 0 Å². The number of nitriles is 1. The Morgan fingerprint density at radius 1 is 1.20 bits per heavy atom. The fourth-order valence-electron chi connectivity index (χ4n) is 2.41. The number of hydrogen-bond acceptors (Lipinski definition) is 8. The minimum Gasteiger partial charge on any atom is -0.469 e. The van der Waals surface area contributed by atoms with E-state index >= 15 is 0 Å².